The Bertz CT molecular complexity index is 944. The van der Waals surface area contributed by atoms with Gasteiger partial charge in [0.05, 0.1) is 18.5 Å². The van der Waals surface area contributed by atoms with Crippen LogP contribution in [-0.4, -0.2) is 38.4 Å². The predicted molar refractivity (Wildman–Crippen MR) is 91.6 cm³/mol. The summed E-state index contributed by atoms with van der Waals surface area (Å²) in [6.45, 7) is 0.550. The minimum Gasteiger partial charge on any atom is -0.382 e. The van der Waals surface area contributed by atoms with Crippen LogP contribution in [0.25, 0.3) is 22.3 Å². The zero-order chi connectivity index (χ0) is 16.4. The molecular weight excluding hydrogens is 302 g/mol. The Morgan fingerprint density at radius 2 is 2.04 bits per heavy atom. The monoisotopic (exact) mass is 319 g/mol. The summed E-state index contributed by atoms with van der Waals surface area (Å²) < 4.78 is 7.32. The molecule has 120 valence electrons. The van der Waals surface area contributed by atoms with Crippen LogP contribution >= 0.6 is 0 Å². The van der Waals surface area contributed by atoms with E-state index in [0.29, 0.717) is 6.61 Å². The van der Waals surface area contributed by atoms with Crippen LogP contribution < -0.4 is 0 Å². The van der Waals surface area contributed by atoms with Crippen molar-refractivity contribution in [3.05, 3.63) is 66.9 Å². The third-order valence-corrected chi connectivity index (χ3v) is 4.06. The van der Waals surface area contributed by atoms with E-state index in [-0.39, 0.29) is 6.04 Å². The highest BCUT2D eigenvalue weighted by molar-refractivity contribution is 5.89. The van der Waals surface area contributed by atoms with Crippen molar-refractivity contribution in [2.24, 2.45) is 0 Å². The maximum Gasteiger partial charge on any atom is 0.141 e. The Labute approximate surface area is 139 Å². The van der Waals surface area contributed by atoms with E-state index in [2.05, 4.69) is 32.2 Å². The average Bonchev–Trinajstić information content (AvgIpc) is 3.29. The molecule has 24 heavy (non-hydrogen) atoms. The maximum absolute atomic E-state index is 5.39. The second kappa shape index (κ2) is 6.25. The van der Waals surface area contributed by atoms with Gasteiger partial charge in [-0.3, -0.25) is 4.68 Å². The molecule has 0 fully saturated rings. The molecule has 1 N–H and O–H groups in total. The fraction of sp³-hybridized carbons (Fsp3) is 0.167. The molecule has 0 aliphatic rings. The Morgan fingerprint density at radius 1 is 1.17 bits per heavy atom. The van der Waals surface area contributed by atoms with E-state index in [4.69, 9.17) is 4.74 Å². The second-order valence-electron chi connectivity index (χ2n) is 5.55. The number of methoxy groups -OCH3 is 1. The van der Waals surface area contributed by atoms with E-state index in [9.17, 15) is 0 Å². The first-order valence-electron chi connectivity index (χ1n) is 7.73. The van der Waals surface area contributed by atoms with Crippen LogP contribution in [0.1, 0.15) is 11.6 Å². The van der Waals surface area contributed by atoms with Crippen molar-refractivity contribution < 1.29 is 4.74 Å². The molecule has 0 aliphatic carbocycles. The lowest BCUT2D eigenvalue weighted by Crippen LogP contribution is -2.16. The highest BCUT2D eigenvalue weighted by Gasteiger charge is 2.16. The van der Waals surface area contributed by atoms with Crippen molar-refractivity contribution in [1.29, 1.82) is 0 Å². The third-order valence-electron chi connectivity index (χ3n) is 4.06. The Morgan fingerprint density at radius 3 is 2.88 bits per heavy atom. The van der Waals surface area contributed by atoms with Crippen molar-refractivity contribution in [2.75, 3.05) is 13.7 Å². The number of nitrogens with zero attached hydrogens (tertiary/aromatic N) is 4. The van der Waals surface area contributed by atoms with Gasteiger partial charge in [0.1, 0.15) is 18.0 Å². The Hall–Kier alpha value is -2.99. The molecule has 3 aromatic heterocycles. The molecule has 0 saturated carbocycles. The Balaban J connectivity index is 1.74. The largest absolute Gasteiger partial charge is 0.382 e. The number of aromatic nitrogens is 5. The number of benzene rings is 1. The van der Waals surface area contributed by atoms with Crippen LogP contribution in [0.15, 0.2) is 61.3 Å². The molecule has 4 aromatic rings. The fourth-order valence-electron chi connectivity index (χ4n) is 2.89. The number of nitrogens with one attached hydrogen (secondary N) is 1. The van der Waals surface area contributed by atoms with Crippen LogP contribution in [0.3, 0.4) is 0 Å². The minimum absolute atomic E-state index is 0.0218. The van der Waals surface area contributed by atoms with Gasteiger partial charge in [-0.15, -0.1) is 0 Å². The molecule has 1 atom stereocenters. The summed E-state index contributed by atoms with van der Waals surface area (Å²) in [6.07, 6.45) is 7.27. The molecular formula is C18H17N5O. The molecule has 6 heteroatoms. The van der Waals surface area contributed by atoms with Gasteiger partial charge in [-0.05, 0) is 11.6 Å². The number of H-pyrrole nitrogens is 1. The standard InChI is InChI=1S/C18H17N5O/c1-24-11-16(13-5-3-2-4-6-13)23-10-14(9-22-23)17-15-7-8-19-18(15)21-12-20-17/h2-10,12,16H,11H2,1H3,(H,19,20,21). The molecule has 6 nitrogen and oxygen atoms in total. The summed E-state index contributed by atoms with van der Waals surface area (Å²) in [5.74, 6) is 0. The van der Waals surface area contributed by atoms with Gasteiger partial charge < -0.3 is 9.72 Å². The highest BCUT2D eigenvalue weighted by atomic mass is 16.5. The van der Waals surface area contributed by atoms with Crippen LogP contribution in [0.4, 0.5) is 0 Å². The smallest absolute Gasteiger partial charge is 0.141 e. The van der Waals surface area contributed by atoms with Gasteiger partial charge in [-0.25, -0.2) is 9.97 Å². The normalized spacial score (nSPS) is 12.5. The van der Waals surface area contributed by atoms with Crippen LogP contribution in [-0.2, 0) is 4.74 Å². The lowest BCUT2D eigenvalue weighted by atomic mass is 10.1. The predicted octanol–water partition coefficient (Wildman–Crippen LogP) is 3.06. The van der Waals surface area contributed by atoms with E-state index in [1.807, 2.05) is 47.5 Å². The van der Waals surface area contributed by atoms with Crippen molar-refractivity contribution >= 4 is 11.0 Å². The topological polar surface area (TPSA) is 68.6 Å². The van der Waals surface area contributed by atoms with E-state index >= 15 is 0 Å². The van der Waals surface area contributed by atoms with Gasteiger partial charge >= 0.3 is 0 Å². The van der Waals surface area contributed by atoms with Crippen molar-refractivity contribution in [3.8, 4) is 11.3 Å². The second-order valence-corrected chi connectivity index (χ2v) is 5.55. The van der Waals surface area contributed by atoms with Gasteiger partial charge in [0.25, 0.3) is 0 Å². The molecule has 0 amide bonds. The number of fused-ring (bicyclic) bond motifs is 1. The zero-order valence-corrected chi connectivity index (χ0v) is 13.3. The number of rotatable bonds is 5. The molecule has 0 radical (unpaired) electrons. The summed E-state index contributed by atoms with van der Waals surface area (Å²) in [5.41, 5.74) is 3.81. The summed E-state index contributed by atoms with van der Waals surface area (Å²) >= 11 is 0. The van der Waals surface area contributed by atoms with E-state index in [0.717, 1.165) is 27.9 Å². The average molecular weight is 319 g/mol. The molecule has 3 heterocycles. The number of hydrogen-bond donors (Lipinski definition) is 1. The molecule has 4 rings (SSSR count). The molecule has 1 aromatic carbocycles. The first-order valence-corrected chi connectivity index (χ1v) is 7.73. The van der Waals surface area contributed by atoms with Gasteiger partial charge in [0.2, 0.25) is 0 Å². The zero-order valence-electron chi connectivity index (χ0n) is 13.3. The van der Waals surface area contributed by atoms with E-state index < -0.39 is 0 Å². The SMILES string of the molecule is COCC(c1ccccc1)n1cc(-c2ncnc3[nH]ccc23)cn1. The molecule has 0 saturated heterocycles. The summed E-state index contributed by atoms with van der Waals surface area (Å²) in [4.78, 5) is 11.8. The number of hydrogen-bond acceptors (Lipinski definition) is 4. The summed E-state index contributed by atoms with van der Waals surface area (Å²) in [5, 5.41) is 5.53. The van der Waals surface area contributed by atoms with Gasteiger partial charge in [0, 0.05) is 30.5 Å². The van der Waals surface area contributed by atoms with E-state index in [1.54, 1.807) is 13.4 Å². The lowest BCUT2D eigenvalue weighted by Gasteiger charge is -2.17. The lowest BCUT2D eigenvalue weighted by molar-refractivity contribution is 0.164. The first-order chi connectivity index (χ1) is 11.9. The van der Waals surface area contributed by atoms with E-state index in [1.165, 1.54) is 0 Å². The van der Waals surface area contributed by atoms with Crippen molar-refractivity contribution in [1.82, 2.24) is 24.7 Å². The molecule has 0 spiro atoms. The molecule has 1 unspecified atom stereocenters. The van der Waals surface area contributed by atoms with Crippen LogP contribution in [0, 0.1) is 0 Å². The number of ether oxygens (including phenoxy) is 1. The van der Waals surface area contributed by atoms with Gasteiger partial charge in [0.15, 0.2) is 0 Å². The van der Waals surface area contributed by atoms with Gasteiger partial charge in [-0.1, -0.05) is 30.3 Å². The first kappa shape index (κ1) is 14.6. The van der Waals surface area contributed by atoms with Crippen molar-refractivity contribution in [3.63, 3.8) is 0 Å². The molecule has 0 bridgehead atoms. The highest BCUT2D eigenvalue weighted by Crippen LogP contribution is 2.26. The van der Waals surface area contributed by atoms with Gasteiger partial charge in [-0.2, -0.15) is 5.10 Å². The van der Waals surface area contributed by atoms with Crippen LogP contribution in [0.2, 0.25) is 0 Å². The van der Waals surface area contributed by atoms with Crippen molar-refractivity contribution in [2.45, 2.75) is 6.04 Å². The quantitative estimate of drug-likeness (QED) is 0.614. The number of aromatic amines is 1. The summed E-state index contributed by atoms with van der Waals surface area (Å²) in [7, 11) is 1.70. The fourth-order valence-corrected chi connectivity index (χ4v) is 2.89. The summed E-state index contributed by atoms with van der Waals surface area (Å²) in [6, 6.07) is 12.2. The van der Waals surface area contributed by atoms with Crippen LogP contribution in [0.5, 0.6) is 0 Å². The Kier molecular flexibility index (Phi) is 3.80. The molecule has 0 aliphatic heterocycles. The maximum atomic E-state index is 5.39. The minimum atomic E-state index is 0.0218. The third kappa shape index (κ3) is 2.57.